The fraction of sp³-hybridized carbons (Fsp3) is 0.379. The molecule has 0 N–H and O–H groups in total. The third kappa shape index (κ3) is 5.21. The second-order valence-electron chi connectivity index (χ2n) is 10.4. The van der Waals surface area contributed by atoms with Crippen molar-refractivity contribution in [2.75, 3.05) is 6.61 Å². The first-order valence-electron chi connectivity index (χ1n) is 12.0. The number of rotatable bonds is 4. The number of amides is 2. The van der Waals surface area contributed by atoms with Crippen LogP contribution in [0.2, 0.25) is 0 Å². The highest BCUT2D eigenvalue weighted by Crippen LogP contribution is 2.42. The number of hydrogen-bond donors (Lipinski definition) is 0. The average molecular weight is 551 g/mol. The first kappa shape index (κ1) is 26.0. The van der Waals surface area contributed by atoms with E-state index in [0.29, 0.717) is 17.7 Å². The van der Waals surface area contributed by atoms with Gasteiger partial charge in [-0.05, 0) is 50.6 Å². The first-order chi connectivity index (χ1) is 17.0. The monoisotopic (exact) mass is 550 g/mol. The Morgan fingerprint density at radius 1 is 1.11 bits per heavy atom. The van der Waals surface area contributed by atoms with Crippen LogP contribution in [0, 0.1) is 10.8 Å². The maximum Gasteiger partial charge on any atom is 0.412 e. The molecule has 188 valence electrons. The van der Waals surface area contributed by atoms with Gasteiger partial charge in [-0.3, -0.25) is 9.69 Å². The number of carbonyl (C=O) groups excluding carboxylic acids is 2. The fourth-order valence-electron chi connectivity index (χ4n) is 4.78. The van der Waals surface area contributed by atoms with Gasteiger partial charge in [0.25, 0.3) is 5.91 Å². The Morgan fingerprint density at radius 2 is 1.72 bits per heavy atom. The Labute approximate surface area is 221 Å². The van der Waals surface area contributed by atoms with Gasteiger partial charge in [-0.2, -0.15) is 0 Å². The predicted octanol–water partition coefficient (Wildman–Crippen LogP) is 5.58. The minimum absolute atomic E-state index is 0.105. The van der Waals surface area contributed by atoms with Crippen LogP contribution < -0.4 is 0 Å². The van der Waals surface area contributed by atoms with Crippen LogP contribution in [0.25, 0.3) is 5.57 Å². The minimum atomic E-state index is -0.900. The zero-order valence-electron chi connectivity index (χ0n) is 21.2. The van der Waals surface area contributed by atoms with Gasteiger partial charge in [-0.1, -0.05) is 66.6 Å². The summed E-state index contributed by atoms with van der Waals surface area (Å²) in [6, 6.07) is 18.6. The van der Waals surface area contributed by atoms with Gasteiger partial charge in [-0.25, -0.2) is 4.79 Å². The average Bonchev–Trinajstić information content (AvgIpc) is 3.14. The van der Waals surface area contributed by atoms with E-state index in [0.717, 1.165) is 11.1 Å². The molecule has 2 aliphatic rings. The molecule has 0 spiro atoms. The SMILES string of the molecule is CC(C)(C)OC(=O)N1C([C@@H]2/C(=C(/C#CBr)c3ccccc3)C(=O)N2Cc2ccccc2)COC1(C)C. The summed E-state index contributed by atoms with van der Waals surface area (Å²) in [6.45, 7) is 9.88. The normalized spacial score (nSPS) is 22.4. The van der Waals surface area contributed by atoms with Gasteiger partial charge in [0.2, 0.25) is 0 Å². The number of β-lactam (4-membered cyclic amide) rings is 1. The van der Waals surface area contributed by atoms with Crippen LogP contribution >= 0.6 is 15.9 Å². The maximum absolute atomic E-state index is 13.7. The molecule has 2 aromatic carbocycles. The number of carbonyl (C=O) groups is 2. The molecule has 2 heterocycles. The molecule has 36 heavy (non-hydrogen) atoms. The van der Waals surface area contributed by atoms with Crippen molar-refractivity contribution in [2.24, 2.45) is 0 Å². The third-order valence-corrected chi connectivity index (χ3v) is 6.49. The van der Waals surface area contributed by atoms with Crippen molar-refractivity contribution < 1.29 is 19.1 Å². The number of ether oxygens (including phenoxy) is 2. The van der Waals surface area contributed by atoms with Crippen LogP contribution in [0.15, 0.2) is 66.2 Å². The van der Waals surface area contributed by atoms with E-state index in [1.807, 2.05) is 95.3 Å². The molecule has 2 saturated heterocycles. The number of allylic oxidation sites excluding steroid dienone is 1. The minimum Gasteiger partial charge on any atom is -0.444 e. The lowest BCUT2D eigenvalue weighted by atomic mass is 9.82. The molecule has 1 unspecified atom stereocenters. The molecule has 6 nitrogen and oxygen atoms in total. The van der Waals surface area contributed by atoms with Crippen LogP contribution in [0.4, 0.5) is 4.79 Å². The van der Waals surface area contributed by atoms with Crippen molar-refractivity contribution in [3.05, 3.63) is 77.4 Å². The number of hydrogen-bond acceptors (Lipinski definition) is 4. The van der Waals surface area contributed by atoms with Crippen molar-refractivity contribution in [2.45, 2.75) is 64.6 Å². The molecule has 2 amide bonds. The summed E-state index contributed by atoms with van der Waals surface area (Å²) in [4.78, 5) is 33.3. The summed E-state index contributed by atoms with van der Waals surface area (Å²) in [5.41, 5.74) is 1.49. The molecule has 0 saturated carbocycles. The molecular formula is C29H31BrN2O4. The summed E-state index contributed by atoms with van der Waals surface area (Å²) in [5.74, 6) is 2.99. The summed E-state index contributed by atoms with van der Waals surface area (Å²) in [6.07, 6.45) is -0.471. The van der Waals surface area contributed by atoms with Gasteiger partial charge >= 0.3 is 6.09 Å². The van der Waals surface area contributed by atoms with E-state index < -0.39 is 29.5 Å². The molecule has 0 aromatic heterocycles. The molecule has 0 aliphatic carbocycles. The van der Waals surface area contributed by atoms with Gasteiger partial charge < -0.3 is 14.4 Å². The lowest BCUT2D eigenvalue weighted by Gasteiger charge is -2.49. The standard InChI is InChI=1S/C29H31BrN2O4/c1-28(2,3)36-27(34)32-23(19-35-29(32,4)5)25-24(22(16-17-30)21-14-10-7-11-15-21)26(33)31(25)18-20-12-8-6-9-13-20/h6-15,23,25H,18-19H2,1-5H3/b24-22+/t23?,25-/m1/s1. The van der Waals surface area contributed by atoms with E-state index in [1.54, 1.807) is 9.80 Å². The Morgan fingerprint density at radius 3 is 2.31 bits per heavy atom. The predicted molar refractivity (Wildman–Crippen MR) is 143 cm³/mol. The number of nitrogens with zero attached hydrogens (tertiary/aromatic N) is 2. The molecule has 2 aromatic rings. The van der Waals surface area contributed by atoms with Crippen molar-refractivity contribution >= 4 is 33.5 Å². The van der Waals surface area contributed by atoms with Gasteiger partial charge in [0.05, 0.1) is 24.3 Å². The van der Waals surface area contributed by atoms with E-state index in [1.165, 1.54) is 0 Å². The van der Waals surface area contributed by atoms with Crippen molar-refractivity contribution in [1.82, 2.24) is 9.80 Å². The van der Waals surface area contributed by atoms with Gasteiger partial charge in [0, 0.05) is 28.0 Å². The van der Waals surface area contributed by atoms with E-state index in [9.17, 15) is 9.59 Å². The van der Waals surface area contributed by atoms with Crippen molar-refractivity contribution in [3.8, 4) is 10.8 Å². The second-order valence-corrected chi connectivity index (χ2v) is 10.8. The zero-order valence-corrected chi connectivity index (χ0v) is 22.8. The topological polar surface area (TPSA) is 59.1 Å². The van der Waals surface area contributed by atoms with E-state index >= 15 is 0 Å². The quantitative estimate of drug-likeness (QED) is 0.283. The van der Waals surface area contributed by atoms with Crippen LogP contribution in [0.1, 0.15) is 45.7 Å². The first-order valence-corrected chi connectivity index (χ1v) is 12.7. The highest BCUT2D eigenvalue weighted by atomic mass is 79.9. The Balaban J connectivity index is 1.82. The molecule has 2 fully saturated rings. The highest BCUT2D eigenvalue weighted by Gasteiger charge is 2.57. The highest BCUT2D eigenvalue weighted by molar-refractivity contribution is 9.12. The molecule has 0 bridgehead atoms. The van der Waals surface area contributed by atoms with Crippen LogP contribution in [0.5, 0.6) is 0 Å². The van der Waals surface area contributed by atoms with Crippen LogP contribution in [0.3, 0.4) is 0 Å². The lowest BCUT2D eigenvalue weighted by Crippen LogP contribution is -2.65. The number of halogens is 1. The second kappa shape index (κ2) is 10.1. The molecule has 4 rings (SSSR count). The summed E-state index contributed by atoms with van der Waals surface area (Å²) >= 11 is 3.22. The largest absolute Gasteiger partial charge is 0.444 e. The smallest absolute Gasteiger partial charge is 0.412 e. The van der Waals surface area contributed by atoms with Gasteiger partial charge in [-0.15, -0.1) is 0 Å². The summed E-state index contributed by atoms with van der Waals surface area (Å²) < 4.78 is 11.9. The lowest BCUT2D eigenvalue weighted by molar-refractivity contribution is -0.140. The van der Waals surface area contributed by atoms with E-state index in [-0.39, 0.29) is 12.5 Å². The van der Waals surface area contributed by atoms with Crippen molar-refractivity contribution in [3.63, 3.8) is 0 Å². The molecule has 2 aliphatic heterocycles. The summed E-state index contributed by atoms with van der Waals surface area (Å²) in [5, 5.41) is 0. The fourth-order valence-corrected chi connectivity index (χ4v) is 4.98. The Bertz CT molecular complexity index is 1220. The third-order valence-electron chi connectivity index (χ3n) is 6.30. The van der Waals surface area contributed by atoms with E-state index in [4.69, 9.17) is 9.47 Å². The molecule has 0 radical (unpaired) electrons. The van der Waals surface area contributed by atoms with E-state index in [2.05, 4.69) is 26.7 Å². The molecule has 7 heteroatoms. The Kier molecular flexibility index (Phi) is 7.31. The maximum atomic E-state index is 13.7. The van der Waals surface area contributed by atoms with Crippen molar-refractivity contribution in [1.29, 1.82) is 0 Å². The van der Waals surface area contributed by atoms with Crippen LogP contribution in [-0.4, -0.2) is 51.8 Å². The number of likely N-dealkylation sites (tertiary alicyclic amines) is 1. The van der Waals surface area contributed by atoms with Gasteiger partial charge in [0.15, 0.2) is 0 Å². The number of benzene rings is 2. The molecule has 2 atom stereocenters. The summed E-state index contributed by atoms with van der Waals surface area (Å²) in [7, 11) is 0. The Hall–Kier alpha value is -3.08. The van der Waals surface area contributed by atoms with Gasteiger partial charge in [0.1, 0.15) is 11.3 Å². The zero-order chi connectivity index (χ0) is 26.1. The molecular weight excluding hydrogens is 520 g/mol. The van der Waals surface area contributed by atoms with Crippen LogP contribution in [-0.2, 0) is 20.8 Å².